The molecule has 0 amide bonds. The maximum Gasteiger partial charge on any atom is 0.180 e. The fourth-order valence-electron chi connectivity index (χ4n) is 3.54. The maximum atomic E-state index is 14.0. The van der Waals surface area contributed by atoms with Crippen LogP contribution >= 0.6 is 11.6 Å². The summed E-state index contributed by atoms with van der Waals surface area (Å²) in [7, 11) is 0. The van der Waals surface area contributed by atoms with Gasteiger partial charge in [-0.25, -0.2) is 4.39 Å². The highest BCUT2D eigenvalue weighted by atomic mass is 35.5. The zero-order valence-corrected chi connectivity index (χ0v) is 18.8. The number of ether oxygens (including phenoxy) is 2. The number of halogens is 2. The first-order valence-electron chi connectivity index (χ1n) is 10.5. The van der Waals surface area contributed by atoms with Gasteiger partial charge in [-0.3, -0.25) is 0 Å². The normalized spacial score (nSPS) is 11.3. The van der Waals surface area contributed by atoms with Gasteiger partial charge in [0, 0.05) is 5.56 Å². The average molecular weight is 458 g/mol. The van der Waals surface area contributed by atoms with Crippen LogP contribution in [0.25, 0.3) is 22.4 Å². The fourth-order valence-corrected chi connectivity index (χ4v) is 3.82. The monoisotopic (exact) mass is 457 g/mol. The molecule has 0 radical (unpaired) electrons. The number of allylic oxidation sites excluding steroid dienone is 1. The molecular formula is C28H21ClFNO2. The Hall–Kier alpha value is -3.81. The van der Waals surface area contributed by atoms with Crippen molar-refractivity contribution in [2.75, 3.05) is 6.61 Å². The zero-order chi connectivity index (χ0) is 23.2. The third-order valence-electron chi connectivity index (χ3n) is 5.15. The molecule has 0 unspecified atom stereocenters. The number of hydrogen-bond acceptors (Lipinski definition) is 3. The molecule has 0 spiro atoms. The van der Waals surface area contributed by atoms with Crippen LogP contribution in [0.4, 0.5) is 4.39 Å². The Morgan fingerprint density at radius 3 is 2.48 bits per heavy atom. The number of rotatable bonds is 7. The molecule has 4 aromatic rings. The molecule has 4 rings (SSSR count). The topological polar surface area (TPSA) is 42.2 Å². The van der Waals surface area contributed by atoms with Crippen LogP contribution in [0.3, 0.4) is 0 Å². The van der Waals surface area contributed by atoms with Crippen LogP contribution < -0.4 is 9.47 Å². The van der Waals surface area contributed by atoms with Gasteiger partial charge in [-0.2, -0.15) is 5.26 Å². The van der Waals surface area contributed by atoms with Crippen molar-refractivity contribution in [2.24, 2.45) is 0 Å². The number of fused-ring (bicyclic) bond motifs is 1. The molecule has 0 fully saturated rings. The van der Waals surface area contributed by atoms with Crippen molar-refractivity contribution in [3.63, 3.8) is 0 Å². The predicted octanol–water partition coefficient (Wildman–Crippen LogP) is 7.67. The Labute approximate surface area is 197 Å². The third kappa shape index (κ3) is 5.16. The summed E-state index contributed by atoms with van der Waals surface area (Å²) in [6, 6.07) is 26.1. The second kappa shape index (κ2) is 10.2. The van der Waals surface area contributed by atoms with E-state index in [4.69, 9.17) is 21.1 Å². The Balaban J connectivity index is 1.67. The molecule has 4 aromatic carbocycles. The van der Waals surface area contributed by atoms with E-state index < -0.39 is 0 Å². The molecule has 0 atom stereocenters. The molecule has 0 aromatic heterocycles. The first-order chi connectivity index (χ1) is 16.1. The second-order valence-corrected chi connectivity index (χ2v) is 7.78. The Kier molecular flexibility index (Phi) is 6.92. The minimum atomic E-state index is -0.347. The van der Waals surface area contributed by atoms with E-state index in [1.54, 1.807) is 36.4 Å². The molecule has 164 valence electrons. The number of nitriles is 1. The van der Waals surface area contributed by atoms with Crippen LogP contribution in [0.2, 0.25) is 5.02 Å². The summed E-state index contributed by atoms with van der Waals surface area (Å²) < 4.78 is 25.5. The highest BCUT2D eigenvalue weighted by molar-refractivity contribution is 6.32. The van der Waals surface area contributed by atoms with Crippen molar-refractivity contribution in [3.05, 3.63) is 106 Å². The average Bonchev–Trinajstić information content (AvgIpc) is 2.83. The highest BCUT2D eigenvalue weighted by Gasteiger charge is 2.14. The minimum Gasteiger partial charge on any atom is -0.490 e. The van der Waals surface area contributed by atoms with Gasteiger partial charge in [-0.05, 0) is 59.2 Å². The molecular weight excluding hydrogens is 437 g/mol. The minimum absolute atomic E-state index is 0.0161. The summed E-state index contributed by atoms with van der Waals surface area (Å²) >= 11 is 6.52. The van der Waals surface area contributed by atoms with Gasteiger partial charge < -0.3 is 9.47 Å². The Morgan fingerprint density at radius 1 is 0.970 bits per heavy atom. The first kappa shape index (κ1) is 22.4. The van der Waals surface area contributed by atoms with E-state index in [9.17, 15) is 9.65 Å². The molecule has 0 bridgehead atoms. The lowest BCUT2D eigenvalue weighted by atomic mass is 10.00. The smallest absolute Gasteiger partial charge is 0.180 e. The summed E-state index contributed by atoms with van der Waals surface area (Å²) in [5.41, 5.74) is 2.43. The molecule has 5 heteroatoms. The van der Waals surface area contributed by atoms with Gasteiger partial charge in [0.2, 0.25) is 0 Å². The third-order valence-corrected chi connectivity index (χ3v) is 5.43. The fraction of sp³-hybridized carbons (Fsp3) is 0.107. The molecule has 0 aliphatic rings. The molecule has 0 aliphatic heterocycles. The van der Waals surface area contributed by atoms with Crippen molar-refractivity contribution < 1.29 is 13.9 Å². The van der Waals surface area contributed by atoms with Crippen molar-refractivity contribution in [2.45, 2.75) is 13.5 Å². The molecule has 0 N–H and O–H groups in total. The first-order valence-corrected chi connectivity index (χ1v) is 10.9. The van der Waals surface area contributed by atoms with Crippen LogP contribution in [-0.2, 0) is 6.61 Å². The van der Waals surface area contributed by atoms with Gasteiger partial charge in [0.05, 0.1) is 23.3 Å². The van der Waals surface area contributed by atoms with E-state index in [1.807, 2.05) is 49.4 Å². The summed E-state index contributed by atoms with van der Waals surface area (Å²) in [6.07, 6.45) is 1.76. The lowest BCUT2D eigenvalue weighted by Gasteiger charge is -2.15. The summed E-state index contributed by atoms with van der Waals surface area (Å²) in [4.78, 5) is 0. The van der Waals surface area contributed by atoms with Crippen LogP contribution in [-0.4, -0.2) is 6.61 Å². The van der Waals surface area contributed by atoms with Crippen LogP contribution in [0.1, 0.15) is 23.6 Å². The van der Waals surface area contributed by atoms with Gasteiger partial charge in [0.1, 0.15) is 12.4 Å². The van der Waals surface area contributed by atoms with Crippen LogP contribution in [0.15, 0.2) is 78.9 Å². The van der Waals surface area contributed by atoms with Crippen LogP contribution in [0.5, 0.6) is 11.5 Å². The SMILES string of the molecule is CCOc1cc(/C=C(/C#N)c2ccc3ccccc3c2)cc(Cl)c1OCc1ccccc1F. The lowest BCUT2D eigenvalue weighted by Crippen LogP contribution is -2.02. The molecule has 0 aliphatic carbocycles. The second-order valence-electron chi connectivity index (χ2n) is 7.37. The van der Waals surface area contributed by atoms with Crippen molar-refractivity contribution in [1.82, 2.24) is 0 Å². The number of nitrogens with zero attached hydrogens (tertiary/aromatic N) is 1. The summed E-state index contributed by atoms with van der Waals surface area (Å²) in [6.45, 7) is 2.27. The van der Waals surface area contributed by atoms with Gasteiger partial charge >= 0.3 is 0 Å². The van der Waals surface area contributed by atoms with Gasteiger partial charge in [0.25, 0.3) is 0 Å². The van der Waals surface area contributed by atoms with Crippen molar-refractivity contribution in [3.8, 4) is 17.6 Å². The number of benzene rings is 4. The maximum absolute atomic E-state index is 14.0. The van der Waals surface area contributed by atoms with E-state index in [0.717, 1.165) is 16.3 Å². The molecule has 0 saturated heterocycles. The molecule has 0 saturated carbocycles. The van der Waals surface area contributed by atoms with E-state index in [1.165, 1.54) is 6.07 Å². The summed E-state index contributed by atoms with van der Waals surface area (Å²) in [5, 5.41) is 12.3. The summed E-state index contributed by atoms with van der Waals surface area (Å²) in [5.74, 6) is 0.423. The van der Waals surface area contributed by atoms with E-state index in [0.29, 0.717) is 39.8 Å². The largest absolute Gasteiger partial charge is 0.490 e. The standard InChI is InChI=1S/C28H21ClFNO2/c1-2-32-27-15-19(14-25(29)28(27)33-18-23-9-5-6-10-26(23)30)13-24(17-31)22-12-11-20-7-3-4-8-21(20)16-22/h3-16H,2,18H2,1H3/b24-13-. The molecule has 33 heavy (non-hydrogen) atoms. The van der Waals surface area contributed by atoms with Gasteiger partial charge in [-0.15, -0.1) is 0 Å². The van der Waals surface area contributed by atoms with Crippen LogP contribution in [0, 0.1) is 17.1 Å². The molecule has 3 nitrogen and oxygen atoms in total. The van der Waals surface area contributed by atoms with Crippen molar-refractivity contribution in [1.29, 1.82) is 5.26 Å². The van der Waals surface area contributed by atoms with Crippen molar-refractivity contribution >= 4 is 34.0 Å². The Morgan fingerprint density at radius 2 is 1.73 bits per heavy atom. The van der Waals surface area contributed by atoms with E-state index >= 15 is 0 Å². The lowest BCUT2D eigenvalue weighted by molar-refractivity contribution is 0.266. The van der Waals surface area contributed by atoms with E-state index in [2.05, 4.69) is 6.07 Å². The van der Waals surface area contributed by atoms with Gasteiger partial charge in [0.15, 0.2) is 11.5 Å². The zero-order valence-electron chi connectivity index (χ0n) is 18.0. The molecule has 0 heterocycles. The quantitative estimate of drug-likeness (QED) is 0.211. The van der Waals surface area contributed by atoms with E-state index in [-0.39, 0.29) is 12.4 Å². The highest BCUT2D eigenvalue weighted by Crippen LogP contribution is 2.38. The van der Waals surface area contributed by atoms with Gasteiger partial charge in [-0.1, -0.05) is 66.2 Å². The predicted molar refractivity (Wildman–Crippen MR) is 131 cm³/mol. The Bertz CT molecular complexity index is 1370. The number of hydrogen-bond donors (Lipinski definition) is 0.